The lowest BCUT2D eigenvalue weighted by Crippen LogP contribution is -2.42. The number of nitrogens with zero attached hydrogens (tertiary/aromatic N) is 3. The van der Waals surface area contributed by atoms with E-state index >= 15 is 4.39 Å². The fraction of sp³-hybridized carbons (Fsp3) is 0.481. The van der Waals surface area contributed by atoms with E-state index in [4.69, 9.17) is 4.74 Å². The zero-order chi connectivity index (χ0) is 23.8. The molecule has 0 aliphatic carbocycles. The lowest BCUT2D eigenvalue weighted by Gasteiger charge is -2.38. The number of aromatic nitrogens is 2. The molecule has 34 heavy (non-hydrogen) atoms. The molecule has 1 saturated heterocycles. The molecule has 1 aliphatic heterocycles. The van der Waals surface area contributed by atoms with Gasteiger partial charge in [0.25, 0.3) is 0 Å². The van der Waals surface area contributed by atoms with Crippen molar-refractivity contribution in [1.29, 1.82) is 0 Å². The molecule has 1 aliphatic rings. The predicted molar refractivity (Wildman–Crippen MR) is 136 cm³/mol. The van der Waals surface area contributed by atoms with Crippen molar-refractivity contribution >= 4 is 22.7 Å². The molecule has 3 heterocycles. The number of halogens is 1. The van der Waals surface area contributed by atoms with E-state index < -0.39 is 6.17 Å². The molecule has 7 heteroatoms. The maximum atomic E-state index is 15.4. The maximum absolute atomic E-state index is 15.4. The van der Waals surface area contributed by atoms with Gasteiger partial charge in [-0.3, -0.25) is 9.97 Å². The zero-order valence-corrected chi connectivity index (χ0v) is 20.6. The number of piperidine rings is 1. The largest absolute Gasteiger partial charge is 0.497 e. The zero-order valence-electron chi connectivity index (χ0n) is 19.8. The lowest BCUT2D eigenvalue weighted by atomic mass is 9.81. The van der Waals surface area contributed by atoms with Crippen molar-refractivity contribution in [2.75, 3.05) is 39.1 Å². The van der Waals surface area contributed by atoms with E-state index in [9.17, 15) is 5.11 Å². The number of ether oxygens (including phenoxy) is 1. The van der Waals surface area contributed by atoms with E-state index in [2.05, 4.69) is 14.9 Å². The van der Waals surface area contributed by atoms with Crippen molar-refractivity contribution in [1.82, 2.24) is 14.9 Å². The van der Waals surface area contributed by atoms with Crippen molar-refractivity contribution in [2.24, 2.45) is 11.8 Å². The summed E-state index contributed by atoms with van der Waals surface area (Å²) in [6.07, 6.45) is 7.65. The molecular weight excluding hydrogens is 449 g/mol. The highest BCUT2D eigenvalue weighted by atomic mass is 32.2. The molecule has 1 fully saturated rings. The van der Waals surface area contributed by atoms with Crippen LogP contribution < -0.4 is 4.74 Å². The van der Waals surface area contributed by atoms with Crippen LogP contribution in [0.4, 0.5) is 4.39 Å². The minimum atomic E-state index is -1.06. The summed E-state index contributed by atoms with van der Waals surface area (Å²) in [6.45, 7) is 3.12. The molecule has 5 nitrogen and oxygen atoms in total. The van der Waals surface area contributed by atoms with Gasteiger partial charge in [0, 0.05) is 42.0 Å². The van der Waals surface area contributed by atoms with Gasteiger partial charge in [-0.15, -0.1) is 11.8 Å². The van der Waals surface area contributed by atoms with E-state index in [0.29, 0.717) is 23.7 Å². The average molecular weight is 484 g/mol. The summed E-state index contributed by atoms with van der Waals surface area (Å²) >= 11 is 1.86. The average Bonchev–Trinajstić information content (AvgIpc) is 2.89. The number of benzene rings is 1. The number of thioether (sulfide) groups is 1. The van der Waals surface area contributed by atoms with Crippen LogP contribution in [0, 0.1) is 11.8 Å². The first-order valence-corrected chi connectivity index (χ1v) is 13.1. The van der Waals surface area contributed by atoms with Crippen LogP contribution >= 0.6 is 11.8 Å². The molecule has 0 saturated carbocycles. The molecule has 4 rings (SSSR count). The van der Waals surface area contributed by atoms with Gasteiger partial charge in [-0.05, 0) is 98.3 Å². The highest BCUT2D eigenvalue weighted by Gasteiger charge is 2.29. The van der Waals surface area contributed by atoms with Gasteiger partial charge in [0.15, 0.2) is 0 Å². The molecule has 0 amide bonds. The number of hydrogen-bond donors (Lipinski definition) is 1. The summed E-state index contributed by atoms with van der Waals surface area (Å²) in [7, 11) is 1.62. The number of likely N-dealkylation sites (tertiary alicyclic amines) is 1. The van der Waals surface area contributed by atoms with E-state index in [1.165, 1.54) is 4.90 Å². The van der Waals surface area contributed by atoms with Gasteiger partial charge in [-0.25, -0.2) is 4.39 Å². The fourth-order valence-electron chi connectivity index (χ4n) is 4.92. The summed E-state index contributed by atoms with van der Waals surface area (Å²) in [5.74, 6) is 2.35. The normalized spacial score (nSPS) is 19.9. The Morgan fingerprint density at radius 2 is 2.03 bits per heavy atom. The quantitative estimate of drug-likeness (QED) is 0.285. The number of aliphatic hydroxyl groups is 1. The van der Waals surface area contributed by atoms with Gasteiger partial charge in [-0.2, -0.15) is 0 Å². The summed E-state index contributed by atoms with van der Waals surface area (Å²) in [5.41, 5.74) is 1.46. The number of hydrogen-bond acceptors (Lipinski definition) is 6. The van der Waals surface area contributed by atoms with Crippen LogP contribution in [0.3, 0.4) is 0 Å². The van der Waals surface area contributed by atoms with Crippen LogP contribution in [-0.4, -0.2) is 59.1 Å². The lowest BCUT2D eigenvalue weighted by molar-refractivity contribution is 0.0640. The van der Waals surface area contributed by atoms with Crippen molar-refractivity contribution < 1.29 is 14.2 Å². The van der Waals surface area contributed by atoms with Crippen LogP contribution in [-0.2, 0) is 0 Å². The second-order valence-corrected chi connectivity index (χ2v) is 10.2. The third-order valence-corrected chi connectivity index (χ3v) is 7.96. The number of rotatable bonds is 11. The van der Waals surface area contributed by atoms with Gasteiger partial charge >= 0.3 is 0 Å². The number of methoxy groups -OCH3 is 1. The summed E-state index contributed by atoms with van der Waals surface area (Å²) < 4.78 is 20.7. The molecule has 3 aromatic rings. The Kier molecular flexibility index (Phi) is 9.13. The minimum Gasteiger partial charge on any atom is -0.497 e. The molecule has 2 aromatic heterocycles. The Morgan fingerprint density at radius 3 is 2.82 bits per heavy atom. The summed E-state index contributed by atoms with van der Waals surface area (Å²) in [6, 6.07) is 11.5. The molecule has 0 unspecified atom stereocenters. The van der Waals surface area contributed by atoms with Crippen molar-refractivity contribution in [3.8, 4) is 5.75 Å². The van der Waals surface area contributed by atoms with Gasteiger partial charge in [0.05, 0.1) is 12.6 Å². The van der Waals surface area contributed by atoms with E-state index in [1.807, 2.05) is 54.5 Å². The second kappa shape index (κ2) is 12.5. The Labute approximate surface area is 205 Å². The molecule has 3 atom stereocenters. The number of aliphatic hydroxyl groups excluding tert-OH is 1. The third kappa shape index (κ3) is 6.46. The third-order valence-electron chi connectivity index (χ3n) is 6.86. The number of fused-ring (bicyclic) bond motifs is 1. The minimum absolute atomic E-state index is 0.166. The van der Waals surface area contributed by atoms with Crippen molar-refractivity contribution in [3.63, 3.8) is 0 Å². The highest BCUT2D eigenvalue weighted by Crippen LogP contribution is 2.35. The topological polar surface area (TPSA) is 58.5 Å². The fourth-order valence-corrected chi connectivity index (χ4v) is 5.74. The van der Waals surface area contributed by atoms with Crippen LogP contribution in [0.2, 0.25) is 0 Å². The van der Waals surface area contributed by atoms with E-state index in [1.54, 1.807) is 19.4 Å². The first-order valence-electron chi connectivity index (χ1n) is 12.1. The molecule has 0 spiro atoms. The monoisotopic (exact) mass is 483 g/mol. The maximum Gasteiger partial charge on any atom is 0.126 e. The van der Waals surface area contributed by atoms with Gasteiger partial charge in [0.2, 0.25) is 0 Å². The van der Waals surface area contributed by atoms with Crippen LogP contribution in [0.5, 0.6) is 5.75 Å². The van der Waals surface area contributed by atoms with E-state index in [0.717, 1.165) is 55.6 Å². The van der Waals surface area contributed by atoms with Crippen molar-refractivity contribution in [3.05, 3.63) is 60.6 Å². The van der Waals surface area contributed by atoms with E-state index in [-0.39, 0.29) is 12.5 Å². The molecule has 0 bridgehead atoms. The van der Waals surface area contributed by atoms with Gasteiger partial charge < -0.3 is 14.7 Å². The smallest absolute Gasteiger partial charge is 0.126 e. The van der Waals surface area contributed by atoms with Crippen LogP contribution in [0.1, 0.15) is 37.4 Å². The van der Waals surface area contributed by atoms with Gasteiger partial charge in [0.1, 0.15) is 11.9 Å². The molecular formula is C27H34FN3O2S. The summed E-state index contributed by atoms with van der Waals surface area (Å²) in [5, 5.41) is 10.8. The van der Waals surface area contributed by atoms with Crippen LogP contribution in [0.15, 0.2) is 59.9 Å². The van der Waals surface area contributed by atoms with Crippen molar-refractivity contribution in [2.45, 2.75) is 36.8 Å². The standard InChI is InChI=1S/C27H34FN3O2S/c1-33-22-4-6-27-25(17-22)24(9-13-30-27)26(28)5-3-20-10-15-31(18-21(20)19-32)14-2-16-34-23-7-11-29-12-8-23/h4,6-9,11-13,17,20-21,26,32H,2-3,5,10,14-16,18-19H2,1H3/t20-,21-,26-/m1/s1. The molecule has 1 N–H and O–H groups in total. The Hall–Kier alpha value is -2.22. The van der Waals surface area contributed by atoms with Crippen LogP contribution in [0.25, 0.3) is 10.9 Å². The Balaban J connectivity index is 1.26. The molecule has 1 aromatic carbocycles. The Morgan fingerprint density at radius 1 is 1.18 bits per heavy atom. The molecule has 0 radical (unpaired) electrons. The second-order valence-electron chi connectivity index (χ2n) is 9.01. The summed E-state index contributed by atoms with van der Waals surface area (Å²) in [4.78, 5) is 12.1. The highest BCUT2D eigenvalue weighted by molar-refractivity contribution is 7.99. The SMILES string of the molecule is COc1ccc2nccc([C@H](F)CC[C@@H]3CCN(CCCSc4ccncc4)C[C@@H]3CO)c2c1. The first kappa shape index (κ1) is 24.9. The Bertz CT molecular complexity index is 1040. The number of pyridine rings is 2. The predicted octanol–water partition coefficient (Wildman–Crippen LogP) is 5.54. The van der Waals surface area contributed by atoms with Gasteiger partial charge in [-0.1, -0.05) is 0 Å². The number of alkyl halides is 1. The first-order chi connectivity index (χ1) is 16.7. The molecule has 182 valence electrons.